The van der Waals surface area contributed by atoms with Gasteiger partial charge in [-0.05, 0) is 64.2 Å². The zero-order valence-corrected chi connectivity index (χ0v) is 43.5. The number of carbonyl (C=O) groups is 3. The highest BCUT2D eigenvalue weighted by atomic mass is 16.6. The van der Waals surface area contributed by atoms with Crippen LogP contribution in [0.2, 0.25) is 0 Å². The van der Waals surface area contributed by atoms with Gasteiger partial charge in [0, 0.05) is 19.3 Å². The van der Waals surface area contributed by atoms with Crippen molar-refractivity contribution in [3.8, 4) is 0 Å². The Hall–Kier alpha value is -2.37. The number of hydrogen-bond donors (Lipinski definition) is 0. The van der Waals surface area contributed by atoms with Gasteiger partial charge in [-0.3, -0.25) is 14.4 Å². The van der Waals surface area contributed by atoms with Crippen LogP contribution in [0.15, 0.2) is 36.5 Å². The molecule has 6 nitrogen and oxygen atoms in total. The predicted octanol–water partition coefficient (Wildman–Crippen LogP) is 18.9. The summed E-state index contributed by atoms with van der Waals surface area (Å²) in [7, 11) is 0. The Bertz CT molecular complexity index is 1090. The number of hydrogen-bond acceptors (Lipinski definition) is 6. The lowest BCUT2D eigenvalue weighted by Gasteiger charge is -2.18. The highest BCUT2D eigenvalue weighted by molar-refractivity contribution is 5.71. The third kappa shape index (κ3) is 52.5. The molecule has 0 bridgehead atoms. The summed E-state index contributed by atoms with van der Waals surface area (Å²) < 4.78 is 16.8. The SMILES string of the molecule is CCCCCCCC/C=C/C/C=C/CCC(=O)OCC(COC(=O)CCCCCCCCC/C=C/CCCCCCCCCC)OC(=O)CCCCCCCCCCCCCCCCC. The van der Waals surface area contributed by atoms with Gasteiger partial charge >= 0.3 is 17.9 Å². The quantitative estimate of drug-likeness (QED) is 0.0262. The molecular formula is C59H108O6. The molecule has 0 saturated heterocycles. The third-order valence-electron chi connectivity index (χ3n) is 12.6. The molecule has 380 valence electrons. The van der Waals surface area contributed by atoms with Crippen LogP contribution >= 0.6 is 0 Å². The second kappa shape index (κ2) is 54.2. The molecule has 0 spiro atoms. The number of allylic oxidation sites excluding steroid dienone is 6. The summed E-state index contributed by atoms with van der Waals surface area (Å²) in [5.41, 5.74) is 0. The first-order chi connectivity index (χ1) is 32.0. The van der Waals surface area contributed by atoms with Crippen molar-refractivity contribution in [2.45, 2.75) is 309 Å². The molecule has 65 heavy (non-hydrogen) atoms. The van der Waals surface area contributed by atoms with Crippen LogP contribution in [0, 0.1) is 0 Å². The van der Waals surface area contributed by atoms with Gasteiger partial charge in [-0.1, -0.05) is 256 Å². The highest BCUT2D eigenvalue weighted by Gasteiger charge is 2.19. The summed E-state index contributed by atoms with van der Waals surface area (Å²) in [6, 6.07) is 0. The number of carbonyl (C=O) groups excluding carboxylic acids is 3. The van der Waals surface area contributed by atoms with Crippen LogP contribution in [0.4, 0.5) is 0 Å². The first kappa shape index (κ1) is 62.6. The molecule has 0 aromatic rings. The zero-order chi connectivity index (χ0) is 47.2. The molecule has 0 rings (SSSR count). The minimum atomic E-state index is -0.793. The fraction of sp³-hybridized carbons (Fsp3) is 0.847. The summed E-state index contributed by atoms with van der Waals surface area (Å²) in [6.45, 7) is 6.61. The minimum Gasteiger partial charge on any atom is -0.462 e. The molecule has 0 aromatic heterocycles. The van der Waals surface area contributed by atoms with Crippen molar-refractivity contribution in [2.24, 2.45) is 0 Å². The molecule has 0 aliphatic heterocycles. The van der Waals surface area contributed by atoms with Gasteiger partial charge in [-0.15, -0.1) is 0 Å². The lowest BCUT2D eigenvalue weighted by Crippen LogP contribution is -2.30. The van der Waals surface area contributed by atoms with Crippen LogP contribution in [0.5, 0.6) is 0 Å². The molecule has 0 amide bonds. The van der Waals surface area contributed by atoms with Crippen molar-refractivity contribution in [3.05, 3.63) is 36.5 Å². The summed E-state index contributed by atoms with van der Waals surface area (Å²) in [5, 5.41) is 0. The Labute approximate surface area is 404 Å². The van der Waals surface area contributed by atoms with Gasteiger partial charge in [0.2, 0.25) is 0 Å². The largest absolute Gasteiger partial charge is 0.462 e. The number of esters is 3. The second-order valence-electron chi connectivity index (χ2n) is 19.2. The van der Waals surface area contributed by atoms with Gasteiger partial charge in [-0.25, -0.2) is 0 Å². The van der Waals surface area contributed by atoms with E-state index in [-0.39, 0.29) is 37.5 Å². The normalized spacial score (nSPS) is 12.2. The van der Waals surface area contributed by atoms with Crippen LogP contribution in [-0.4, -0.2) is 37.2 Å². The number of ether oxygens (including phenoxy) is 3. The Morgan fingerprint density at radius 3 is 0.954 bits per heavy atom. The predicted molar refractivity (Wildman–Crippen MR) is 279 cm³/mol. The van der Waals surface area contributed by atoms with Gasteiger partial charge < -0.3 is 14.2 Å². The Balaban J connectivity index is 4.37. The molecule has 6 heteroatoms. The molecule has 0 saturated carbocycles. The van der Waals surface area contributed by atoms with Gasteiger partial charge in [0.1, 0.15) is 13.2 Å². The summed E-state index contributed by atoms with van der Waals surface area (Å²) in [5.74, 6) is -0.947. The van der Waals surface area contributed by atoms with Crippen LogP contribution in [0.25, 0.3) is 0 Å². The fourth-order valence-corrected chi connectivity index (χ4v) is 8.32. The van der Waals surface area contributed by atoms with Crippen molar-refractivity contribution in [1.29, 1.82) is 0 Å². The van der Waals surface area contributed by atoms with Gasteiger partial charge in [0.05, 0.1) is 0 Å². The maximum atomic E-state index is 12.8. The van der Waals surface area contributed by atoms with Gasteiger partial charge in [0.25, 0.3) is 0 Å². The van der Waals surface area contributed by atoms with Crippen molar-refractivity contribution < 1.29 is 28.6 Å². The van der Waals surface area contributed by atoms with E-state index in [1.807, 2.05) is 6.08 Å². The Kier molecular flexibility index (Phi) is 52.3. The summed E-state index contributed by atoms with van der Waals surface area (Å²) in [6.07, 6.45) is 64.3. The molecule has 0 heterocycles. The minimum absolute atomic E-state index is 0.0880. The number of rotatable bonds is 52. The fourth-order valence-electron chi connectivity index (χ4n) is 8.32. The second-order valence-corrected chi connectivity index (χ2v) is 19.2. The first-order valence-electron chi connectivity index (χ1n) is 28.5. The maximum Gasteiger partial charge on any atom is 0.306 e. The van der Waals surface area contributed by atoms with Crippen LogP contribution in [0.1, 0.15) is 303 Å². The zero-order valence-electron chi connectivity index (χ0n) is 43.5. The molecular weight excluding hydrogens is 805 g/mol. The first-order valence-corrected chi connectivity index (χ1v) is 28.5. The standard InChI is InChI=1S/C59H108O6/c1-4-7-10-13-16-19-22-25-27-28-29-30-32-34-37-40-43-46-49-52-58(61)64-55-56(54-63-57(60)51-48-45-42-39-36-33-24-21-18-15-12-9-6-3)65-59(62)53-50-47-44-41-38-35-31-26-23-20-17-14-11-8-5-2/h28-29,33,36,42,45,56H,4-27,30-32,34-35,37-41,43-44,46-55H2,1-3H3/b29-28+,36-33+,45-42+. The van der Waals surface area contributed by atoms with Crippen LogP contribution < -0.4 is 0 Å². The summed E-state index contributed by atoms with van der Waals surface area (Å²) >= 11 is 0. The molecule has 0 radical (unpaired) electrons. The Morgan fingerprint density at radius 1 is 0.308 bits per heavy atom. The van der Waals surface area contributed by atoms with Crippen molar-refractivity contribution in [3.63, 3.8) is 0 Å². The van der Waals surface area contributed by atoms with E-state index in [0.29, 0.717) is 19.3 Å². The smallest absolute Gasteiger partial charge is 0.306 e. The van der Waals surface area contributed by atoms with E-state index in [9.17, 15) is 14.4 Å². The molecule has 0 aromatic carbocycles. The third-order valence-corrected chi connectivity index (χ3v) is 12.6. The van der Waals surface area contributed by atoms with E-state index in [4.69, 9.17) is 14.2 Å². The van der Waals surface area contributed by atoms with E-state index in [1.54, 1.807) is 0 Å². The Morgan fingerprint density at radius 2 is 0.585 bits per heavy atom. The molecule has 0 aliphatic carbocycles. The van der Waals surface area contributed by atoms with Crippen LogP contribution in [-0.2, 0) is 28.6 Å². The average Bonchev–Trinajstić information content (AvgIpc) is 3.30. The molecule has 0 aliphatic rings. The van der Waals surface area contributed by atoms with E-state index < -0.39 is 6.10 Å². The van der Waals surface area contributed by atoms with Gasteiger partial charge in [-0.2, -0.15) is 0 Å². The van der Waals surface area contributed by atoms with E-state index in [0.717, 1.165) is 51.4 Å². The molecule has 0 fully saturated rings. The van der Waals surface area contributed by atoms with Crippen molar-refractivity contribution in [1.82, 2.24) is 0 Å². The number of unbranched alkanes of at least 4 members (excludes halogenated alkanes) is 35. The van der Waals surface area contributed by atoms with Crippen LogP contribution in [0.3, 0.4) is 0 Å². The monoisotopic (exact) mass is 913 g/mol. The van der Waals surface area contributed by atoms with Gasteiger partial charge in [0.15, 0.2) is 6.10 Å². The van der Waals surface area contributed by atoms with E-state index in [1.165, 1.54) is 205 Å². The van der Waals surface area contributed by atoms with Crippen molar-refractivity contribution >= 4 is 17.9 Å². The molecule has 1 unspecified atom stereocenters. The molecule has 1 atom stereocenters. The van der Waals surface area contributed by atoms with E-state index in [2.05, 4.69) is 51.2 Å². The van der Waals surface area contributed by atoms with E-state index >= 15 is 0 Å². The topological polar surface area (TPSA) is 78.9 Å². The lowest BCUT2D eigenvalue weighted by atomic mass is 10.0. The maximum absolute atomic E-state index is 12.8. The highest BCUT2D eigenvalue weighted by Crippen LogP contribution is 2.16. The summed E-state index contributed by atoms with van der Waals surface area (Å²) in [4.78, 5) is 38.0. The average molecular weight is 914 g/mol. The lowest BCUT2D eigenvalue weighted by molar-refractivity contribution is -0.166. The van der Waals surface area contributed by atoms with Crippen molar-refractivity contribution in [2.75, 3.05) is 13.2 Å². The molecule has 0 N–H and O–H groups in total.